The maximum absolute atomic E-state index is 8.44. The first-order valence-electron chi connectivity index (χ1n) is 1.20. The Balaban J connectivity index is -0.0000000300. The van der Waals surface area contributed by atoms with Crippen LogP contribution in [0.15, 0.2) is 0 Å². The summed E-state index contributed by atoms with van der Waals surface area (Å²) in [6.07, 6.45) is 0. The van der Waals surface area contributed by atoms with Gasteiger partial charge in [-0.3, -0.25) is 4.21 Å². The minimum atomic E-state index is -3.11. The first-order valence-corrected chi connectivity index (χ1v) is 2.20. The summed E-state index contributed by atoms with van der Waals surface area (Å²) in [5, 5.41) is 14.5. The molecule has 44 valence electrons. The molecule has 0 heterocycles. The van der Waals surface area contributed by atoms with E-state index in [4.69, 9.17) is 23.8 Å². The number of hydrogen-bond donors (Lipinski definition) is 0. The zero-order chi connectivity index (χ0) is 6.99. The summed E-state index contributed by atoms with van der Waals surface area (Å²) in [6, 6.07) is 2.47. The number of nitrogens with zero attached hydrogens (tertiary/aromatic N) is 2. The Morgan fingerprint density at radius 3 is 1.20 bits per heavy atom. The molecular formula is C2N2Na2O3S. The minimum absolute atomic E-state index is 0. The predicted octanol–water partition coefficient (Wildman–Crippen LogP) is -6.96. The van der Waals surface area contributed by atoms with E-state index in [0.29, 0.717) is 0 Å². The van der Waals surface area contributed by atoms with Gasteiger partial charge in [0.05, 0.1) is 0 Å². The van der Waals surface area contributed by atoms with Gasteiger partial charge in [-0.2, -0.15) is 10.5 Å². The molecule has 8 heteroatoms. The average Bonchev–Trinajstić information content (AvgIpc) is 1.65. The van der Waals surface area contributed by atoms with Crippen molar-refractivity contribution in [1.82, 2.24) is 0 Å². The monoisotopic (exact) mass is 178 g/mol. The van der Waals surface area contributed by atoms with Crippen molar-refractivity contribution in [2.45, 2.75) is 0 Å². The molecule has 0 saturated carbocycles. The average molecular weight is 178 g/mol. The fourth-order valence-corrected chi connectivity index (χ4v) is 0. The van der Waals surface area contributed by atoms with Crippen molar-refractivity contribution >= 4 is 11.4 Å². The smallest absolute Gasteiger partial charge is 0.784 e. The van der Waals surface area contributed by atoms with Gasteiger partial charge in [-0.1, -0.05) is 0 Å². The Morgan fingerprint density at radius 2 is 1.20 bits per heavy atom. The number of hydrogen-bond acceptors (Lipinski definition) is 5. The second-order valence-electron chi connectivity index (χ2n) is 0.428. The summed E-state index contributed by atoms with van der Waals surface area (Å²) < 4.78 is 25.3. The van der Waals surface area contributed by atoms with Crippen LogP contribution in [0, 0.1) is 22.7 Å². The third kappa shape index (κ3) is 140. The van der Waals surface area contributed by atoms with Crippen LogP contribution < -0.4 is 59.1 Å². The molecule has 0 N–H and O–H groups in total. The molecule has 0 atom stereocenters. The molecule has 0 aromatic carbocycles. The van der Waals surface area contributed by atoms with Crippen molar-refractivity contribution in [2.75, 3.05) is 0 Å². The van der Waals surface area contributed by atoms with Crippen molar-refractivity contribution in [3.63, 3.8) is 0 Å². The molecule has 0 rings (SSSR count). The van der Waals surface area contributed by atoms with Gasteiger partial charge in [0, 0.05) is 0 Å². The van der Waals surface area contributed by atoms with Crippen molar-refractivity contribution in [1.29, 1.82) is 10.5 Å². The Bertz CT molecular complexity index is 134. The van der Waals surface area contributed by atoms with Crippen molar-refractivity contribution in [3.8, 4) is 12.1 Å². The van der Waals surface area contributed by atoms with Crippen LogP contribution in [-0.4, -0.2) is 13.3 Å². The molecule has 5 nitrogen and oxygen atoms in total. The Labute approximate surface area is 105 Å². The molecule has 10 heavy (non-hydrogen) atoms. The second kappa shape index (κ2) is 22.5. The molecule has 0 aliphatic rings. The number of rotatable bonds is 0. The summed E-state index contributed by atoms with van der Waals surface area (Å²) in [5.74, 6) is 0. The zero-order valence-corrected chi connectivity index (χ0v) is 10.3. The van der Waals surface area contributed by atoms with Crippen LogP contribution in [0.5, 0.6) is 0 Å². The molecule has 0 bridgehead atoms. The molecule has 0 fully saturated rings. The molecule has 0 aromatic rings. The molecule has 0 aliphatic heterocycles. The van der Waals surface area contributed by atoms with Gasteiger partial charge >= 0.3 is 59.1 Å². The van der Waals surface area contributed by atoms with Crippen molar-refractivity contribution < 1.29 is 72.4 Å². The van der Waals surface area contributed by atoms with Crippen molar-refractivity contribution in [3.05, 3.63) is 0 Å². The van der Waals surface area contributed by atoms with Crippen molar-refractivity contribution in [2.24, 2.45) is 0 Å². The molecule has 0 unspecified atom stereocenters. The SMILES string of the molecule is N#CC#N.O=S([O-])[O-].[Na+].[Na+]. The maximum Gasteiger partial charge on any atom is 1.00 e. The maximum atomic E-state index is 8.44. The van der Waals surface area contributed by atoms with E-state index >= 15 is 0 Å². The van der Waals surface area contributed by atoms with Gasteiger partial charge in [0.15, 0.2) is 12.1 Å². The third-order valence-corrected chi connectivity index (χ3v) is 0.0500. The van der Waals surface area contributed by atoms with Crippen LogP contribution in [-0.2, 0) is 11.4 Å². The van der Waals surface area contributed by atoms with E-state index in [0.717, 1.165) is 0 Å². The predicted molar refractivity (Wildman–Crippen MR) is 20.9 cm³/mol. The fourth-order valence-electron chi connectivity index (χ4n) is 0. The third-order valence-electron chi connectivity index (χ3n) is 0.0500. The molecule has 0 radical (unpaired) electrons. The summed E-state index contributed by atoms with van der Waals surface area (Å²) in [7, 11) is 0. The Kier molecular flexibility index (Phi) is 50.5. The van der Waals surface area contributed by atoms with Crippen LogP contribution in [0.1, 0.15) is 0 Å². The van der Waals surface area contributed by atoms with E-state index in [1.54, 1.807) is 0 Å². The minimum Gasteiger partial charge on any atom is -0.784 e. The quantitative estimate of drug-likeness (QED) is 0.270. The van der Waals surface area contributed by atoms with E-state index in [1.165, 1.54) is 12.1 Å². The molecule has 0 amide bonds. The van der Waals surface area contributed by atoms with E-state index in [-0.39, 0.29) is 59.1 Å². The second-order valence-corrected chi connectivity index (χ2v) is 0.836. The summed E-state index contributed by atoms with van der Waals surface area (Å²) in [6.45, 7) is 0. The van der Waals surface area contributed by atoms with Gasteiger partial charge in [-0.15, -0.1) is 11.4 Å². The summed E-state index contributed by atoms with van der Waals surface area (Å²) >= 11 is -3.11. The largest absolute Gasteiger partial charge is 1.00 e. The van der Waals surface area contributed by atoms with E-state index in [2.05, 4.69) is 0 Å². The first kappa shape index (κ1) is 22.5. The first-order chi connectivity index (χ1) is 3.65. The summed E-state index contributed by atoms with van der Waals surface area (Å²) in [4.78, 5) is 0. The molecule has 0 saturated heterocycles. The van der Waals surface area contributed by atoms with Gasteiger partial charge in [0.2, 0.25) is 0 Å². The van der Waals surface area contributed by atoms with Crippen LogP contribution in [0.2, 0.25) is 0 Å². The topological polar surface area (TPSA) is 111 Å². The molecular weight excluding hydrogens is 178 g/mol. The number of nitriles is 2. The Hall–Kier alpha value is 1.05. The molecule has 0 aliphatic carbocycles. The molecule has 0 spiro atoms. The fraction of sp³-hybridized carbons (Fsp3) is 0. The van der Waals surface area contributed by atoms with Gasteiger partial charge in [0.1, 0.15) is 0 Å². The van der Waals surface area contributed by atoms with Gasteiger partial charge in [-0.05, 0) is 0 Å². The van der Waals surface area contributed by atoms with Gasteiger partial charge in [-0.25, -0.2) is 0 Å². The van der Waals surface area contributed by atoms with E-state index < -0.39 is 11.4 Å². The Morgan fingerprint density at radius 1 is 1.10 bits per heavy atom. The van der Waals surface area contributed by atoms with E-state index in [9.17, 15) is 0 Å². The van der Waals surface area contributed by atoms with Crippen LogP contribution >= 0.6 is 0 Å². The van der Waals surface area contributed by atoms with E-state index in [1.807, 2.05) is 0 Å². The van der Waals surface area contributed by atoms with Crippen LogP contribution in [0.4, 0.5) is 0 Å². The van der Waals surface area contributed by atoms with Crippen LogP contribution in [0.25, 0.3) is 0 Å². The summed E-state index contributed by atoms with van der Waals surface area (Å²) in [5.41, 5.74) is 0. The molecule has 0 aromatic heterocycles. The normalized spacial score (nSPS) is 4.50. The van der Waals surface area contributed by atoms with Crippen LogP contribution in [0.3, 0.4) is 0 Å². The van der Waals surface area contributed by atoms with Gasteiger partial charge < -0.3 is 9.11 Å². The standard InChI is InChI=1S/C2N2.2Na.H2O3S/c3-1-2-4;;;1-4(2)3/h;;;(H2,1,2,3)/q;2*+1;/p-2. The van der Waals surface area contributed by atoms with Gasteiger partial charge in [0.25, 0.3) is 0 Å². The zero-order valence-electron chi connectivity index (χ0n) is 5.53.